The van der Waals surface area contributed by atoms with Gasteiger partial charge in [0.15, 0.2) is 11.5 Å². The van der Waals surface area contributed by atoms with Gasteiger partial charge in [-0.3, -0.25) is 9.89 Å². The van der Waals surface area contributed by atoms with E-state index in [1.807, 2.05) is 25.1 Å². The SMILES string of the molecule is Cc1cc(-c2nc(N3CCOC[C@H]3C)nc3c2cnn3-c2ccn[nH]2)ccc1NC(=O)C1CCC1. The zero-order chi connectivity index (χ0) is 23.9. The molecule has 1 saturated carbocycles. The van der Waals surface area contributed by atoms with Crippen molar-refractivity contribution in [1.82, 2.24) is 29.9 Å². The van der Waals surface area contributed by atoms with Crippen LogP contribution in [0.25, 0.3) is 28.1 Å². The Morgan fingerprint density at radius 2 is 2.11 bits per heavy atom. The largest absolute Gasteiger partial charge is 0.377 e. The van der Waals surface area contributed by atoms with E-state index in [1.54, 1.807) is 17.1 Å². The summed E-state index contributed by atoms with van der Waals surface area (Å²) in [5, 5.41) is 15.6. The summed E-state index contributed by atoms with van der Waals surface area (Å²) < 4.78 is 7.38. The summed E-state index contributed by atoms with van der Waals surface area (Å²) in [5.41, 5.74) is 4.28. The number of hydrogen-bond donors (Lipinski definition) is 2. The van der Waals surface area contributed by atoms with Crippen molar-refractivity contribution in [2.75, 3.05) is 30.0 Å². The molecular formula is C25H28N8O2. The summed E-state index contributed by atoms with van der Waals surface area (Å²) in [6, 6.07) is 8.05. The first kappa shape index (κ1) is 21.7. The number of fused-ring (bicyclic) bond motifs is 1. The maximum atomic E-state index is 12.5. The van der Waals surface area contributed by atoms with Crippen LogP contribution < -0.4 is 10.2 Å². The van der Waals surface area contributed by atoms with Crippen molar-refractivity contribution >= 4 is 28.6 Å². The predicted octanol–water partition coefficient (Wildman–Crippen LogP) is 3.48. The van der Waals surface area contributed by atoms with E-state index in [-0.39, 0.29) is 17.9 Å². The first-order chi connectivity index (χ1) is 17.1. The van der Waals surface area contributed by atoms with Crippen LogP contribution in [0, 0.1) is 12.8 Å². The first-order valence-electron chi connectivity index (χ1n) is 12.1. The van der Waals surface area contributed by atoms with Crippen molar-refractivity contribution in [3.05, 3.63) is 42.2 Å². The second-order valence-corrected chi connectivity index (χ2v) is 9.37. The molecule has 0 spiro atoms. The third-order valence-electron chi connectivity index (χ3n) is 6.99. The smallest absolute Gasteiger partial charge is 0.228 e. The lowest BCUT2D eigenvalue weighted by Crippen LogP contribution is -2.44. The number of aromatic amines is 1. The van der Waals surface area contributed by atoms with Crippen molar-refractivity contribution in [2.24, 2.45) is 5.92 Å². The lowest BCUT2D eigenvalue weighted by molar-refractivity contribution is -0.122. The summed E-state index contributed by atoms with van der Waals surface area (Å²) in [4.78, 5) is 24.6. The van der Waals surface area contributed by atoms with E-state index in [4.69, 9.17) is 14.7 Å². The number of carbonyl (C=O) groups is 1. The number of morpholine rings is 1. The predicted molar refractivity (Wildman–Crippen MR) is 133 cm³/mol. The highest BCUT2D eigenvalue weighted by Gasteiger charge is 2.27. The topological polar surface area (TPSA) is 114 Å². The average molecular weight is 473 g/mol. The molecule has 1 atom stereocenters. The number of nitrogens with zero attached hydrogens (tertiary/aromatic N) is 6. The van der Waals surface area contributed by atoms with E-state index in [9.17, 15) is 4.79 Å². The summed E-state index contributed by atoms with van der Waals surface area (Å²) in [6.45, 7) is 6.11. The fourth-order valence-corrected chi connectivity index (χ4v) is 4.67. The van der Waals surface area contributed by atoms with Crippen LogP contribution in [0.3, 0.4) is 0 Å². The molecule has 3 aromatic heterocycles. The maximum Gasteiger partial charge on any atom is 0.228 e. The highest BCUT2D eigenvalue weighted by atomic mass is 16.5. The number of carbonyl (C=O) groups excluding carboxylic acids is 1. The normalized spacial score (nSPS) is 18.6. The van der Waals surface area contributed by atoms with Crippen molar-refractivity contribution < 1.29 is 9.53 Å². The molecule has 0 radical (unpaired) electrons. The lowest BCUT2D eigenvalue weighted by atomic mass is 9.85. The van der Waals surface area contributed by atoms with Gasteiger partial charge in [0.2, 0.25) is 11.9 Å². The molecule has 1 aromatic carbocycles. The highest BCUT2D eigenvalue weighted by molar-refractivity contribution is 5.95. The number of ether oxygens (including phenoxy) is 1. The average Bonchev–Trinajstić information content (AvgIpc) is 3.48. The standard InChI is InChI=1S/C25H28N8O2/c1-15-12-18(6-7-20(15)28-24(34)17-4-3-5-17)22-19-13-27-33(21-8-9-26-31-21)23(19)30-25(29-22)32-10-11-35-14-16(32)2/h6-9,12-13,16-17H,3-5,10-11,14H2,1-2H3,(H,26,31)(H,28,34)/t16-/m1/s1. The summed E-state index contributed by atoms with van der Waals surface area (Å²) >= 11 is 0. The van der Waals surface area contributed by atoms with Gasteiger partial charge >= 0.3 is 0 Å². The van der Waals surface area contributed by atoms with Crippen LogP contribution >= 0.6 is 0 Å². The summed E-state index contributed by atoms with van der Waals surface area (Å²) in [6.07, 6.45) is 6.57. The van der Waals surface area contributed by atoms with Gasteiger partial charge < -0.3 is 15.0 Å². The zero-order valence-corrected chi connectivity index (χ0v) is 19.9. The third-order valence-corrected chi connectivity index (χ3v) is 6.99. The highest BCUT2D eigenvalue weighted by Crippen LogP contribution is 2.33. The molecule has 0 bridgehead atoms. The second kappa shape index (κ2) is 8.77. The molecule has 2 fully saturated rings. The quantitative estimate of drug-likeness (QED) is 0.457. The Morgan fingerprint density at radius 3 is 2.83 bits per heavy atom. The van der Waals surface area contributed by atoms with Gasteiger partial charge in [0.05, 0.1) is 42.7 Å². The van der Waals surface area contributed by atoms with Crippen LogP contribution in [0.1, 0.15) is 31.7 Å². The minimum Gasteiger partial charge on any atom is -0.377 e. The molecule has 4 heterocycles. The van der Waals surface area contributed by atoms with Gasteiger partial charge in [0, 0.05) is 29.8 Å². The molecule has 10 nitrogen and oxygen atoms in total. The van der Waals surface area contributed by atoms with Gasteiger partial charge in [0.1, 0.15) is 0 Å². The fraction of sp³-hybridized carbons (Fsp3) is 0.400. The maximum absolute atomic E-state index is 12.5. The van der Waals surface area contributed by atoms with Gasteiger partial charge in [-0.1, -0.05) is 12.5 Å². The van der Waals surface area contributed by atoms with Crippen LogP contribution in [0.5, 0.6) is 0 Å². The van der Waals surface area contributed by atoms with Gasteiger partial charge in [-0.25, -0.2) is 4.98 Å². The summed E-state index contributed by atoms with van der Waals surface area (Å²) in [5.74, 6) is 1.63. The minimum atomic E-state index is 0.112. The number of aromatic nitrogens is 6. The molecule has 1 aliphatic heterocycles. The number of benzene rings is 1. The number of aryl methyl sites for hydroxylation is 1. The first-order valence-corrected chi connectivity index (χ1v) is 12.1. The Hall–Kier alpha value is -3.79. The molecule has 180 valence electrons. The second-order valence-electron chi connectivity index (χ2n) is 9.37. The van der Waals surface area contributed by atoms with Gasteiger partial charge in [-0.2, -0.15) is 19.9 Å². The van der Waals surface area contributed by atoms with E-state index in [0.717, 1.165) is 59.5 Å². The van der Waals surface area contributed by atoms with Crippen molar-refractivity contribution in [2.45, 2.75) is 39.2 Å². The van der Waals surface area contributed by atoms with Crippen molar-refractivity contribution in [3.8, 4) is 17.1 Å². The monoisotopic (exact) mass is 472 g/mol. The van der Waals surface area contributed by atoms with E-state index in [1.165, 1.54) is 0 Å². The minimum absolute atomic E-state index is 0.112. The number of amides is 1. The van der Waals surface area contributed by atoms with Gasteiger partial charge in [-0.15, -0.1) is 0 Å². The number of rotatable bonds is 5. The molecule has 2 N–H and O–H groups in total. The summed E-state index contributed by atoms with van der Waals surface area (Å²) in [7, 11) is 0. The molecule has 10 heteroatoms. The van der Waals surface area contributed by atoms with E-state index in [2.05, 4.69) is 38.5 Å². The Morgan fingerprint density at radius 1 is 1.23 bits per heavy atom. The van der Waals surface area contributed by atoms with E-state index in [0.29, 0.717) is 24.8 Å². The van der Waals surface area contributed by atoms with E-state index < -0.39 is 0 Å². The Bertz CT molecular complexity index is 1380. The third kappa shape index (κ3) is 3.93. The molecule has 1 saturated heterocycles. The number of H-pyrrole nitrogens is 1. The van der Waals surface area contributed by atoms with Crippen molar-refractivity contribution in [3.63, 3.8) is 0 Å². The van der Waals surface area contributed by atoms with Gasteiger partial charge in [-0.05, 0) is 44.4 Å². The van der Waals surface area contributed by atoms with Crippen LogP contribution in [0.2, 0.25) is 0 Å². The van der Waals surface area contributed by atoms with Crippen molar-refractivity contribution in [1.29, 1.82) is 0 Å². The van der Waals surface area contributed by atoms with Gasteiger partial charge in [0.25, 0.3) is 0 Å². The molecule has 35 heavy (non-hydrogen) atoms. The number of anilines is 2. The lowest BCUT2D eigenvalue weighted by Gasteiger charge is -2.33. The number of hydrogen-bond acceptors (Lipinski definition) is 7. The van der Waals surface area contributed by atoms with Crippen LogP contribution in [-0.4, -0.2) is 61.7 Å². The Kier molecular flexibility index (Phi) is 5.44. The Labute approximate surface area is 202 Å². The molecule has 6 rings (SSSR count). The van der Waals surface area contributed by atoms with Crippen LogP contribution in [0.4, 0.5) is 11.6 Å². The molecule has 1 amide bonds. The fourth-order valence-electron chi connectivity index (χ4n) is 4.67. The molecule has 4 aromatic rings. The zero-order valence-electron chi connectivity index (χ0n) is 19.9. The molecule has 0 unspecified atom stereocenters. The molecule has 1 aliphatic carbocycles. The molecule has 2 aliphatic rings. The van der Waals surface area contributed by atoms with Crippen LogP contribution in [-0.2, 0) is 9.53 Å². The van der Waals surface area contributed by atoms with Crippen LogP contribution in [0.15, 0.2) is 36.7 Å². The number of nitrogens with one attached hydrogen (secondary N) is 2. The Balaban J connectivity index is 1.44. The molecular weight excluding hydrogens is 444 g/mol. The van der Waals surface area contributed by atoms with E-state index >= 15 is 0 Å².